The van der Waals surface area contributed by atoms with Crippen molar-refractivity contribution < 1.29 is 14.2 Å². The van der Waals surface area contributed by atoms with Crippen LogP contribution in [0, 0.1) is 5.82 Å². The summed E-state index contributed by atoms with van der Waals surface area (Å²) in [5.41, 5.74) is 0.633. The average molecular weight is 225 g/mol. The molecule has 2 rings (SSSR count). The smallest absolute Gasteiger partial charge is 0.165 e. The van der Waals surface area contributed by atoms with Crippen LogP contribution < -0.4 is 0 Å². The minimum absolute atomic E-state index is 0.235. The zero-order valence-corrected chi connectivity index (χ0v) is 9.32. The van der Waals surface area contributed by atoms with Crippen LogP contribution in [0.25, 0.3) is 0 Å². The molecule has 16 heavy (non-hydrogen) atoms. The lowest BCUT2D eigenvalue weighted by molar-refractivity contribution is -0.00469. The molecule has 0 bridgehead atoms. The second-order valence-corrected chi connectivity index (χ2v) is 4.14. The molecule has 0 amide bonds. The molecule has 1 saturated heterocycles. The first kappa shape index (κ1) is 11.4. The molecule has 0 spiro atoms. The van der Waals surface area contributed by atoms with Crippen molar-refractivity contribution in [2.45, 2.75) is 19.5 Å². The molecule has 4 heteroatoms. The van der Waals surface area contributed by atoms with Gasteiger partial charge in [0.25, 0.3) is 0 Å². The van der Waals surface area contributed by atoms with Gasteiger partial charge in [-0.15, -0.1) is 0 Å². The number of hydrogen-bond donors (Lipinski definition) is 1. The zero-order valence-electron chi connectivity index (χ0n) is 9.32. The Morgan fingerprint density at radius 3 is 3.12 bits per heavy atom. The number of morpholine rings is 1. The van der Waals surface area contributed by atoms with Gasteiger partial charge in [-0.2, -0.15) is 0 Å². The molecule has 1 aliphatic heterocycles. The van der Waals surface area contributed by atoms with Gasteiger partial charge >= 0.3 is 0 Å². The summed E-state index contributed by atoms with van der Waals surface area (Å²) in [6.45, 7) is 4.83. The third-order valence-corrected chi connectivity index (χ3v) is 2.95. The zero-order chi connectivity index (χ0) is 11.5. The molecule has 0 aliphatic carbocycles. The van der Waals surface area contributed by atoms with Gasteiger partial charge in [0, 0.05) is 24.7 Å². The summed E-state index contributed by atoms with van der Waals surface area (Å²) in [5, 5.41) is 9.58. The Labute approximate surface area is 94.4 Å². The first-order valence-electron chi connectivity index (χ1n) is 5.46. The van der Waals surface area contributed by atoms with Gasteiger partial charge in [-0.25, -0.2) is 4.39 Å². The number of phenols is 1. The van der Waals surface area contributed by atoms with Crippen LogP contribution in [-0.2, 0) is 11.3 Å². The number of aromatic hydroxyl groups is 1. The van der Waals surface area contributed by atoms with Crippen LogP contribution >= 0.6 is 0 Å². The third-order valence-electron chi connectivity index (χ3n) is 2.95. The molecular weight excluding hydrogens is 209 g/mol. The predicted molar refractivity (Wildman–Crippen MR) is 58.8 cm³/mol. The van der Waals surface area contributed by atoms with Crippen LogP contribution in [0.2, 0.25) is 0 Å². The Morgan fingerprint density at radius 2 is 2.38 bits per heavy atom. The third kappa shape index (κ3) is 2.33. The highest BCUT2D eigenvalue weighted by Crippen LogP contribution is 2.23. The lowest BCUT2D eigenvalue weighted by Crippen LogP contribution is -2.42. The number of phenolic OH excluding ortho intramolecular Hbond substituents is 1. The SMILES string of the molecule is CC1COCCN1Cc1cccc(F)c1O. The lowest BCUT2D eigenvalue weighted by atomic mass is 10.1. The van der Waals surface area contributed by atoms with E-state index < -0.39 is 5.82 Å². The van der Waals surface area contributed by atoms with Crippen LogP contribution in [-0.4, -0.2) is 35.8 Å². The van der Waals surface area contributed by atoms with Crippen molar-refractivity contribution in [3.63, 3.8) is 0 Å². The second-order valence-electron chi connectivity index (χ2n) is 4.14. The molecule has 1 fully saturated rings. The molecule has 0 radical (unpaired) electrons. The van der Waals surface area contributed by atoms with E-state index in [-0.39, 0.29) is 5.75 Å². The van der Waals surface area contributed by atoms with Crippen LogP contribution in [0.3, 0.4) is 0 Å². The highest BCUT2D eigenvalue weighted by Gasteiger charge is 2.20. The maximum atomic E-state index is 13.1. The molecule has 3 nitrogen and oxygen atoms in total. The van der Waals surface area contributed by atoms with E-state index in [0.717, 1.165) is 6.54 Å². The number of halogens is 1. The van der Waals surface area contributed by atoms with E-state index in [9.17, 15) is 9.50 Å². The van der Waals surface area contributed by atoms with Crippen molar-refractivity contribution in [2.75, 3.05) is 19.8 Å². The van der Waals surface area contributed by atoms with Crippen molar-refractivity contribution in [1.82, 2.24) is 4.90 Å². The maximum Gasteiger partial charge on any atom is 0.165 e. The summed E-state index contributed by atoms with van der Waals surface area (Å²) in [6.07, 6.45) is 0. The molecule has 1 heterocycles. The fourth-order valence-corrected chi connectivity index (χ4v) is 1.90. The van der Waals surface area contributed by atoms with E-state index in [1.165, 1.54) is 6.07 Å². The number of benzene rings is 1. The Balaban J connectivity index is 2.10. The Kier molecular flexibility index (Phi) is 3.41. The molecule has 0 saturated carbocycles. The summed E-state index contributed by atoms with van der Waals surface area (Å²) in [4.78, 5) is 2.18. The fraction of sp³-hybridized carbons (Fsp3) is 0.500. The van der Waals surface area contributed by atoms with Gasteiger partial charge in [0.2, 0.25) is 0 Å². The molecule has 1 N–H and O–H groups in total. The quantitative estimate of drug-likeness (QED) is 0.832. The van der Waals surface area contributed by atoms with Crippen molar-refractivity contribution in [3.8, 4) is 5.75 Å². The number of ether oxygens (including phenoxy) is 1. The van der Waals surface area contributed by atoms with E-state index in [1.54, 1.807) is 12.1 Å². The average Bonchev–Trinajstić information content (AvgIpc) is 2.28. The molecule has 1 aromatic rings. The van der Waals surface area contributed by atoms with Gasteiger partial charge in [-0.3, -0.25) is 4.90 Å². The normalized spacial score (nSPS) is 22.2. The number of nitrogens with zero attached hydrogens (tertiary/aromatic N) is 1. The van der Waals surface area contributed by atoms with Crippen molar-refractivity contribution >= 4 is 0 Å². The largest absolute Gasteiger partial charge is 0.505 e. The standard InChI is InChI=1S/C12H16FNO2/c1-9-8-16-6-5-14(9)7-10-3-2-4-11(13)12(10)15/h2-4,9,15H,5-8H2,1H3. The highest BCUT2D eigenvalue weighted by molar-refractivity contribution is 5.33. The molecule has 1 unspecified atom stereocenters. The van der Waals surface area contributed by atoms with Gasteiger partial charge in [0.15, 0.2) is 11.6 Å². The van der Waals surface area contributed by atoms with Gasteiger partial charge < -0.3 is 9.84 Å². The van der Waals surface area contributed by atoms with Crippen molar-refractivity contribution in [2.24, 2.45) is 0 Å². The van der Waals surface area contributed by atoms with Crippen molar-refractivity contribution in [3.05, 3.63) is 29.6 Å². The Bertz CT molecular complexity index is 370. The van der Waals surface area contributed by atoms with Gasteiger partial charge in [0.05, 0.1) is 13.2 Å². The fourth-order valence-electron chi connectivity index (χ4n) is 1.90. The molecule has 0 aromatic heterocycles. The van der Waals surface area contributed by atoms with Crippen LogP contribution in [0.15, 0.2) is 18.2 Å². The predicted octanol–water partition coefficient (Wildman–Crippen LogP) is 1.75. The summed E-state index contributed by atoms with van der Waals surface area (Å²) in [6, 6.07) is 4.94. The monoisotopic (exact) mass is 225 g/mol. The Morgan fingerprint density at radius 1 is 1.56 bits per heavy atom. The minimum atomic E-state index is -0.557. The van der Waals surface area contributed by atoms with E-state index in [4.69, 9.17) is 4.74 Å². The lowest BCUT2D eigenvalue weighted by Gasteiger charge is -2.33. The summed E-state index contributed by atoms with van der Waals surface area (Å²) in [7, 11) is 0. The molecule has 88 valence electrons. The van der Waals surface area contributed by atoms with E-state index in [1.807, 2.05) is 0 Å². The molecule has 1 atom stereocenters. The van der Waals surface area contributed by atoms with Crippen LogP contribution in [0.1, 0.15) is 12.5 Å². The van der Waals surface area contributed by atoms with Crippen molar-refractivity contribution in [1.29, 1.82) is 0 Å². The van der Waals surface area contributed by atoms with Crippen LogP contribution in [0.4, 0.5) is 4.39 Å². The Hall–Kier alpha value is -1.13. The minimum Gasteiger partial charge on any atom is -0.505 e. The number of rotatable bonds is 2. The van der Waals surface area contributed by atoms with Gasteiger partial charge in [0.1, 0.15) is 0 Å². The molecule has 1 aromatic carbocycles. The first-order valence-corrected chi connectivity index (χ1v) is 5.46. The topological polar surface area (TPSA) is 32.7 Å². The van der Waals surface area contributed by atoms with E-state index in [2.05, 4.69) is 11.8 Å². The second kappa shape index (κ2) is 4.80. The molecular formula is C12H16FNO2. The maximum absolute atomic E-state index is 13.1. The highest BCUT2D eigenvalue weighted by atomic mass is 19.1. The molecule has 1 aliphatic rings. The summed E-state index contributed by atoms with van der Waals surface area (Å²) >= 11 is 0. The summed E-state index contributed by atoms with van der Waals surface area (Å²) < 4.78 is 18.5. The van der Waals surface area contributed by atoms with E-state index >= 15 is 0 Å². The van der Waals surface area contributed by atoms with Gasteiger partial charge in [-0.1, -0.05) is 12.1 Å². The summed E-state index contributed by atoms with van der Waals surface area (Å²) in [5.74, 6) is -0.792. The number of para-hydroxylation sites is 1. The van der Waals surface area contributed by atoms with Gasteiger partial charge in [-0.05, 0) is 13.0 Å². The number of hydrogen-bond acceptors (Lipinski definition) is 3. The first-order chi connectivity index (χ1) is 7.68. The van der Waals surface area contributed by atoms with E-state index in [0.29, 0.717) is 31.4 Å². The van der Waals surface area contributed by atoms with Crippen LogP contribution in [0.5, 0.6) is 5.75 Å².